The Kier molecular flexibility index (Phi) is 3.22. The molecule has 3 nitrogen and oxygen atoms in total. The van der Waals surface area contributed by atoms with Crippen LogP contribution < -0.4 is 4.90 Å². The zero-order valence-electron chi connectivity index (χ0n) is 9.94. The topological polar surface area (TPSA) is 33.2 Å². The van der Waals surface area contributed by atoms with E-state index in [0.29, 0.717) is 11.7 Å². The number of ketones is 1. The number of pyridine rings is 1. The zero-order chi connectivity index (χ0) is 11.5. The first-order valence-electron chi connectivity index (χ1n) is 5.82. The van der Waals surface area contributed by atoms with Crippen molar-refractivity contribution in [3.8, 4) is 0 Å². The molecule has 0 aliphatic heterocycles. The van der Waals surface area contributed by atoms with Crippen LogP contribution in [-0.2, 0) is 4.79 Å². The normalized spacial score (nSPS) is 17.5. The lowest BCUT2D eigenvalue weighted by Crippen LogP contribution is -2.15. The highest BCUT2D eigenvalue weighted by molar-refractivity contribution is 5.79. The Bertz CT molecular complexity index is 377. The minimum atomic E-state index is 0.403. The molecule has 0 atom stereocenters. The van der Waals surface area contributed by atoms with Gasteiger partial charge in [-0.05, 0) is 25.0 Å². The number of carbonyl (C=O) groups is 1. The molecule has 0 amide bonds. The minimum Gasteiger partial charge on any atom is -0.378 e. The van der Waals surface area contributed by atoms with Gasteiger partial charge in [0.05, 0.1) is 0 Å². The fourth-order valence-electron chi connectivity index (χ4n) is 2.17. The molecule has 86 valence electrons. The van der Waals surface area contributed by atoms with Crippen LogP contribution in [0.1, 0.15) is 37.3 Å². The van der Waals surface area contributed by atoms with Crippen molar-refractivity contribution in [1.82, 2.24) is 4.98 Å². The van der Waals surface area contributed by atoms with Gasteiger partial charge in [0.2, 0.25) is 0 Å². The van der Waals surface area contributed by atoms with Crippen molar-refractivity contribution in [3.05, 3.63) is 24.0 Å². The van der Waals surface area contributed by atoms with Gasteiger partial charge in [0, 0.05) is 50.4 Å². The molecule has 1 fully saturated rings. The molecule has 1 saturated carbocycles. The molecule has 0 N–H and O–H groups in total. The maximum atomic E-state index is 11.2. The summed E-state index contributed by atoms with van der Waals surface area (Å²) in [5, 5.41) is 0. The van der Waals surface area contributed by atoms with Crippen molar-refractivity contribution >= 4 is 11.5 Å². The van der Waals surface area contributed by atoms with Gasteiger partial charge >= 0.3 is 0 Å². The highest BCUT2D eigenvalue weighted by Crippen LogP contribution is 2.31. The monoisotopic (exact) mass is 218 g/mol. The van der Waals surface area contributed by atoms with E-state index in [1.54, 1.807) is 0 Å². The fourth-order valence-corrected chi connectivity index (χ4v) is 2.17. The molecule has 0 radical (unpaired) electrons. The summed E-state index contributed by atoms with van der Waals surface area (Å²) in [5.41, 5.74) is 2.32. The molecular weight excluding hydrogens is 200 g/mol. The quantitative estimate of drug-likeness (QED) is 0.764. The number of rotatable bonds is 2. The summed E-state index contributed by atoms with van der Waals surface area (Å²) in [6.45, 7) is 0. The van der Waals surface area contributed by atoms with Crippen molar-refractivity contribution in [2.24, 2.45) is 0 Å². The SMILES string of the molecule is CN(C)c1ccnc(C2CCC(=O)CC2)c1. The zero-order valence-corrected chi connectivity index (χ0v) is 9.94. The Labute approximate surface area is 96.5 Å². The van der Waals surface area contributed by atoms with Gasteiger partial charge in [-0.15, -0.1) is 0 Å². The summed E-state index contributed by atoms with van der Waals surface area (Å²) in [6, 6.07) is 4.15. The second-order valence-corrected chi connectivity index (χ2v) is 4.65. The third-order valence-corrected chi connectivity index (χ3v) is 3.24. The molecule has 1 heterocycles. The van der Waals surface area contributed by atoms with Gasteiger partial charge in [0.15, 0.2) is 0 Å². The highest BCUT2D eigenvalue weighted by atomic mass is 16.1. The van der Waals surface area contributed by atoms with E-state index >= 15 is 0 Å². The van der Waals surface area contributed by atoms with E-state index in [9.17, 15) is 4.79 Å². The van der Waals surface area contributed by atoms with E-state index in [1.807, 2.05) is 26.4 Å². The molecule has 0 saturated heterocycles. The van der Waals surface area contributed by atoms with Crippen LogP contribution in [0.3, 0.4) is 0 Å². The highest BCUT2D eigenvalue weighted by Gasteiger charge is 2.21. The van der Waals surface area contributed by atoms with Crippen molar-refractivity contribution in [2.45, 2.75) is 31.6 Å². The van der Waals surface area contributed by atoms with E-state index < -0.39 is 0 Å². The third-order valence-electron chi connectivity index (χ3n) is 3.24. The number of hydrogen-bond acceptors (Lipinski definition) is 3. The number of aromatic nitrogens is 1. The van der Waals surface area contributed by atoms with Gasteiger partial charge in [0.1, 0.15) is 5.78 Å². The summed E-state index contributed by atoms with van der Waals surface area (Å²) >= 11 is 0. The molecule has 0 bridgehead atoms. The minimum absolute atomic E-state index is 0.403. The van der Waals surface area contributed by atoms with Gasteiger partial charge in [-0.25, -0.2) is 0 Å². The number of Topliss-reactive ketones (excluding diaryl/α,β-unsaturated/α-hetero) is 1. The summed E-state index contributed by atoms with van der Waals surface area (Å²) < 4.78 is 0. The molecule has 1 aromatic heterocycles. The number of anilines is 1. The summed E-state index contributed by atoms with van der Waals surface area (Å²) in [6.07, 6.45) is 5.23. The third kappa shape index (κ3) is 2.40. The van der Waals surface area contributed by atoms with Gasteiger partial charge in [-0.1, -0.05) is 0 Å². The van der Waals surface area contributed by atoms with Gasteiger partial charge in [-0.3, -0.25) is 9.78 Å². The summed E-state index contributed by atoms with van der Waals surface area (Å²) in [4.78, 5) is 17.7. The molecule has 1 aromatic rings. The van der Waals surface area contributed by atoms with E-state index in [4.69, 9.17) is 0 Å². The maximum absolute atomic E-state index is 11.2. The molecule has 3 heteroatoms. The van der Waals surface area contributed by atoms with Gasteiger partial charge in [-0.2, -0.15) is 0 Å². The number of carbonyl (C=O) groups excluding carboxylic acids is 1. The van der Waals surface area contributed by atoms with Crippen LogP contribution in [0.4, 0.5) is 5.69 Å². The largest absolute Gasteiger partial charge is 0.378 e. The first-order chi connectivity index (χ1) is 7.66. The van der Waals surface area contributed by atoms with Gasteiger partial charge in [0.25, 0.3) is 0 Å². The number of hydrogen-bond donors (Lipinski definition) is 0. The summed E-state index contributed by atoms with van der Waals surface area (Å²) in [7, 11) is 4.06. The smallest absolute Gasteiger partial charge is 0.132 e. The predicted octanol–water partition coefficient (Wildman–Crippen LogP) is 2.37. The molecule has 16 heavy (non-hydrogen) atoms. The van der Waals surface area contributed by atoms with E-state index in [2.05, 4.69) is 16.0 Å². The van der Waals surface area contributed by atoms with E-state index in [1.165, 1.54) is 5.69 Å². The lowest BCUT2D eigenvalue weighted by atomic mass is 9.86. The Hall–Kier alpha value is -1.38. The van der Waals surface area contributed by atoms with Gasteiger partial charge < -0.3 is 4.90 Å². The fraction of sp³-hybridized carbons (Fsp3) is 0.538. The summed E-state index contributed by atoms with van der Waals surface area (Å²) in [5.74, 6) is 0.873. The molecule has 1 aliphatic carbocycles. The first-order valence-corrected chi connectivity index (χ1v) is 5.82. The standard InChI is InChI=1S/C13H18N2O/c1-15(2)11-7-8-14-13(9-11)10-3-5-12(16)6-4-10/h7-10H,3-6H2,1-2H3. The average molecular weight is 218 g/mol. The van der Waals surface area contributed by atoms with Crippen molar-refractivity contribution < 1.29 is 4.79 Å². The molecule has 1 aliphatic rings. The van der Waals surface area contributed by atoms with Crippen LogP contribution >= 0.6 is 0 Å². The Morgan fingerprint density at radius 1 is 1.31 bits per heavy atom. The molecule has 0 spiro atoms. The predicted molar refractivity (Wildman–Crippen MR) is 64.8 cm³/mol. The molecular formula is C13H18N2O. The second-order valence-electron chi connectivity index (χ2n) is 4.65. The van der Waals surface area contributed by atoms with Crippen molar-refractivity contribution in [1.29, 1.82) is 0 Å². The maximum Gasteiger partial charge on any atom is 0.132 e. The van der Waals surface area contributed by atoms with Crippen LogP contribution in [0, 0.1) is 0 Å². The molecule has 0 unspecified atom stereocenters. The lowest BCUT2D eigenvalue weighted by molar-refractivity contribution is -0.120. The van der Waals surface area contributed by atoms with Crippen molar-refractivity contribution in [2.75, 3.05) is 19.0 Å². The first kappa shape index (κ1) is 11.1. The van der Waals surface area contributed by atoms with E-state index in [-0.39, 0.29) is 0 Å². The van der Waals surface area contributed by atoms with Crippen LogP contribution in [-0.4, -0.2) is 24.9 Å². The Morgan fingerprint density at radius 3 is 2.62 bits per heavy atom. The molecule has 2 rings (SSSR count). The van der Waals surface area contributed by atoms with Crippen LogP contribution in [0.5, 0.6) is 0 Å². The Morgan fingerprint density at radius 2 is 2.00 bits per heavy atom. The van der Waals surface area contributed by atoms with Crippen LogP contribution in [0.25, 0.3) is 0 Å². The average Bonchev–Trinajstić information content (AvgIpc) is 2.30. The van der Waals surface area contributed by atoms with Crippen LogP contribution in [0.2, 0.25) is 0 Å². The second kappa shape index (κ2) is 4.64. The molecule has 0 aromatic carbocycles. The Balaban J connectivity index is 2.14. The number of nitrogens with zero attached hydrogens (tertiary/aromatic N) is 2. The van der Waals surface area contributed by atoms with Crippen LogP contribution in [0.15, 0.2) is 18.3 Å². The van der Waals surface area contributed by atoms with Crippen molar-refractivity contribution in [3.63, 3.8) is 0 Å². The van der Waals surface area contributed by atoms with E-state index in [0.717, 1.165) is 31.4 Å². The lowest BCUT2D eigenvalue weighted by Gasteiger charge is -2.21.